The Hall–Kier alpha value is -4.22. The Kier molecular flexibility index (Phi) is 6.66. The molecule has 0 unspecified atom stereocenters. The zero-order valence-corrected chi connectivity index (χ0v) is 24.6. The molecule has 1 spiro atoms. The Morgan fingerprint density at radius 3 is 2.37 bits per heavy atom. The first-order valence-electron chi connectivity index (χ1n) is 13.1. The molecule has 1 N–H and O–H groups in total. The molecule has 1 aromatic heterocycles. The number of nitrogens with one attached hydrogen (secondary N) is 1. The lowest BCUT2D eigenvalue weighted by molar-refractivity contribution is -0.274. The average molecular weight is 631 g/mol. The minimum atomic E-state index is -4.91. The third-order valence-electron chi connectivity index (χ3n) is 7.52. The van der Waals surface area contributed by atoms with Crippen LogP contribution < -0.4 is 19.7 Å². The number of benzene rings is 3. The largest absolute Gasteiger partial charge is 0.573 e. The third-order valence-corrected chi connectivity index (χ3v) is 7.99. The maximum absolute atomic E-state index is 14.5. The second kappa shape index (κ2) is 9.92. The molecule has 2 aliphatic rings. The Balaban J connectivity index is 1.67. The van der Waals surface area contributed by atoms with Gasteiger partial charge in [0.05, 0.1) is 24.1 Å². The molecule has 2 amide bonds. The molecule has 13 heteroatoms. The number of methoxy groups -OCH3 is 1. The second-order valence-corrected chi connectivity index (χ2v) is 11.3. The van der Waals surface area contributed by atoms with Gasteiger partial charge in [0.15, 0.2) is 11.2 Å². The van der Waals surface area contributed by atoms with Gasteiger partial charge in [-0.3, -0.25) is 14.5 Å². The van der Waals surface area contributed by atoms with Crippen molar-refractivity contribution in [2.45, 2.75) is 38.7 Å². The van der Waals surface area contributed by atoms with E-state index in [0.29, 0.717) is 38.1 Å². The van der Waals surface area contributed by atoms with Crippen LogP contribution in [0.15, 0.2) is 54.6 Å². The summed E-state index contributed by atoms with van der Waals surface area (Å²) in [6.45, 7) is 5.50. The maximum Gasteiger partial charge on any atom is 0.573 e. The summed E-state index contributed by atoms with van der Waals surface area (Å²) in [5.41, 5.74) is 0.867. The summed E-state index contributed by atoms with van der Waals surface area (Å²) < 4.78 is 50.0. The van der Waals surface area contributed by atoms with Gasteiger partial charge in [-0.2, -0.15) is 0 Å². The molecule has 8 nitrogen and oxygen atoms in total. The van der Waals surface area contributed by atoms with Gasteiger partial charge in [-0.1, -0.05) is 35.3 Å². The number of hydrogen-bond donors (Lipinski definition) is 1. The molecule has 0 aliphatic carbocycles. The van der Waals surface area contributed by atoms with Crippen LogP contribution in [0.1, 0.15) is 47.2 Å². The van der Waals surface area contributed by atoms with Crippen molar-refractivity contribution in [2.24, 2.45) is 0 Å². The zero-order valence-electron chi connectivity index (χ0n) is 23.1. The van der Waals surface area contributed by atoms with Crippen LogP contribution in [0.5, 0.6) is 11.5 Å². The number of hydrogen-bond acceptors (Lipinski definition) is 5. The predicted molar refractivity (Wildman–Crippen MR) is 155 cm³/mol. The lowest BCUT2D eigenvalue weighted by Crippen LogP contribution is -2.51. The molecule has 0 bridgehead atoms. The number of fused-ring (bicyclic) bond motifs is 4. The van der Waals surface area contributed by atoms with E-state index < -0.39 is 29.5 Å². The number of carbonyl (C=O) groups excluding carboxylic acids is 2. The highest BCUT2D eigenvalue weighted by molar-refractivity contribution is 6.32. The van der Waals surface area contributed by atoms with Crippen molar-refractivity contribution in [3.8, 4) is 22.9 Å². The number of amides is 2. The van der Waals surface area contributed by atoms with E-state index in [0.717, 1.165) is 12.1 Å². The zero-order chi connectivity index (χ0) is 31.0. The molecule has 0 fully saturated rings. The first-order chi connectivity index (χ1) is 20.3. The summed E-state index contributed by atoms with van der Waals surface area (Å²) >= 11 is 12.7. The maximum atomic E-state index is 14.5. The van der Waals surface area contributed by atoms with Crippen LogP contribution in [-0.2, 0) is 10.3 Å². The highest BCUT2D eigenvalue weighted by Crippen LogP contribution is 2.55. The van der Waals surface area contributed by atoms with Gasteiger partial charge in [0.2, 0.25) is 0 Å². The normalized spacial score (nSPS) is 17.5. The molecule has 4 aromatic rings. The average Bonchev–Trinajstić information content (AvgIpc) is 3.53. The summed E-state index contributed by atoms with van der Waals surface area (Å²) in [4.78, 5) is 34.9. The van der Waals surface area contributed by atoms with Crippen molar-refractivity contribution in [2.75, 3.05) is 17.3 Å². The summed E-state index contributed by atoms with van der Waals surface area (Å²) in [6.07, 6.45) is -4.91. The Bertz CT molecular complexity index is 1840. The Labute approximate surface area is 253 Å². The van der Waals surface area contributed by atoms with Crippen molar-refractivity contribution >= 4 is 46.4 Å². The standard InChI is InChI=1S/C30H23Cl2F3N4O4/c1-14(2)38-25-24(37-26(38)19-9-8-18(13-23(19)42-4)43-30(33,34)35)27(40)39(22-12-17(32)6-5-15(22)3)29(25)20-10-7-16(31)11-21(20)36-28(29)41/h5-14H,1-4H3,(H,36,41)/t29-/m1/s1. The van der Waals surface area contributed by atoms with Crippen LogP contribution in [0.4, 0.5) is 24.5 Å². The molecule has 1 atom stereocenters. The molecule has 3 heterocycles. The van der Waals surface area contributed by atoms with E-state index in [2.05, 4.69) is 10.1 Å². The molecule has 0 radical (unpaired) electrons. The first kappa shape index (κ1) is 28.9. The molecule has 6 rings (SSSR count). The Morgan fingerprint density at radius 2 is 1.70 bits per heavy atom. The minimum Gasteiger partial charge on any atom is -0.496 e. The molecule has 2 aliphatic heterocycles. The number of aryl methyl sites for hydroxylation is 1. The molecule has 0 saturated carbocycles. The van der Waals surface area contributed by atoms with E-state index in [4.69, 9.17) is 32.9 Å². The number of alkyl halides is 3. The summed E-state index contributed by atoms with van der Waals surface area (Å²) in [7, 11) is 1.30. The van der Waals surface area contributed by atoms with Crippen LogP contribution in [0.2, 0.25) is 10.0 Å². The van der Waals surface area contributed by atoms with Crippen molar-refractivity contribution in [1.29, 1.82) is 0 Å². The number of halogens is 5. The van der Waals surface area contributed by atoms with Crippen molar-refractivity contribution in [3.63, 3.8) is 0 Å². The molecular weight excluding hydrogens is 608 g/mol. The third kappa shape index (κ3) is 4.32. The topological polar surface area (TPSA) is 85.7 Å². The van der Waals surface area contributed by atoms with Crippen molar-refractivity contribution < 1.29 is 32.2 Å². The number of ether oxygens (including phenoxy) is 2. The SMILES string of the molecule is COc1cc(OC(F)(F)F)ccc1-c1nc2c(n1C(C)C)[C@]1(C(=O)Nc3cc(Cl)ccc31)N(c1cc(Cl)ccc1C)C2=O. The van der Waals surface area contributed by atoms with Gasteiger partial charge in [0, 0.05) is 33.4 Å². The monoisotopic (exact) mass is 630 g/mol. The molecule has 3 aromatic carbocycles. The molecular formula is C30H23Cl2F3N4O4. The fraction of sp³-hybridized carbons (Fsp3) is 0.233. The second-order valence-electron chi connectivity index (χ2n) is 10.4. The fourth-order valence-corrected chi connectivity index (χ4v) is 6.22. The van der Waals surface area contributed by atoms with Gasteiger partial charge in [0.1, 0.15) is 17.3 Å². The van der Waals surface area contributed by atoms with E-state index >= 15 is 0 Å². The van der Waals surface area contributed by atoms with E-state index in [9.17, 15) is 22.8 Å². The van der Waals surface area contributed by atoms with Crippen LogP contribution in [0, 0.1) is 6.92 Å². The Morgan fingerprint density at radius 1 is 1.00 bits per heavy atom. The van der Waals surface area contributed by atoms with Gasteiger partial charge in [0.25, 0.3) is 11.8 Å². The lowest BCUT2D eigenvalue weighted by Gasteiger charge is -2.36. The van der Waals surface area contributed by atoms with E-state index in [1.54, 1.807) is 47.9 Å². The van der Waals surface area contributed by atoms with Crippen molar-refractivity contribution in [1.82, 2.24) is 9.55 Å². The van der Waals surface area contributed by atoms with Crippen LogP contribution >= 0.6 is 23.2 Å². The number of rotatable bonds is 5. The predicted octanol–water partition coefficient (Wildman–Crippen LogP) is 7.51. The number of nitrogens with zero attached hydrogens (tertiary/aromatic N) is 3. The lowest BCUT2D eigenvalue weighted by atomic mass is 9.86. The smallest absolute Gasteiger partial charge is 0.496 e. The fourth-order valence-electron chi connectivity index (χ4n) is 5.88. The van der Waals surface area contributed by atoms with E-state index in [-0.39, 0.29) is 29.0 Å². The summed E-state index contributed by atoms with van der Waals surface area (Å²) in [5, 5.41) is 3.64. The molecule has 43 heavy (non-hydrogen) atoms. The van der Waals surface area contributed by atoms with Crippen LogP contribution in [0.3, 0.4) is 0 Å². The van der Waals surface area contributed by atoms with Crippen molar-refractivity contribution in [3.05, 3.63) is 87.2 Å². The quantitative estimate of drug-likeness (QED) is 0.247. The number of anilines is 2. The molecule has 222 valence electrons. The number of imidazole rings is 1. The van der Waals surface area contributed by atoms with E-state index in [1.165, 1.54) is 18.1 Å². The van der Waals surface area contributed by atoms with Gasteiger partial charge in [-0.15, -0.1) is 13.2 Å². The summed E-state index contributed by atoms with van der Waals surface area (Å²) in [5.74, 6) is -1.31. The van der Waals surface area contributed by atoms with Crippen LogP contribution in [0.25, 0.3) is 11.4 Å². The van der Waals surface area contributed by atoms with Gasteiger partial charge < -0.3 is 19.4 Å². The summed E-state index contributed by atoms with van der Waals surface area (Å²) in [6, 6.07) is 13.2. The van der Waals surface area contributed by atoms with Gasteiger partial charge in [-0.25, -0.2) is 4.98 Å². The van der Waals surface area contributed by atoms with E-state index in [1.807, 2.05) is 13.8 Å². The minimum absolute atomic E-state index is 0.00121. The van der Waals surface area contributed by atoms with Crippen LogP contribution in [-0.4, -0.2) is 34.8 Å². The molecule has 0 saturated heterocycles. The highest BCUT2D eigenvalue weighted by atomic mass is 35.5. The van der Waals surface area contributed by atoms with Gasteiger partial charge >= 0.3 is 6.36 Å². The number of aromatic nitrogens is 2. The van der Waals surface area contributed by atoms with Gasteiger partial charge in [-0.05, 0) is 62.7 Å². The first-order valence-corrected chi connectivity index (χ1v) is 13.8. The number of carbonyl (C=O) groups is 2. The highest BCUT2D eigenvalue weighted by Gasteiger charge is 2.64.